The molecular weight excluding hydrogens is 256 g/mol. The number of thiazole rings is 1. The average Bonchev–Trinajstić information content (AvgIpc) is 2.93. The molecule has 0 radical (unpaired) electrons. The lowest BCUT2D eigenvalue weighted by Gasteiger charge is -2.24. The zero-order valence-electron chi connectivity index (χ0n) is 11.2. The fraction of sp³-hybridized carbons (Fsp3) is 0.333. The zero-order valence-corrected chi connectivity index (χ0v) is 12.0. The normalized spacial score (nSPS) is 11.3. The van der Waals surface area contributed by atoms with Crippen molar-refractivity contribution in [2.75, 3.05) is 6.54 Å². The topological polar surface area (TPSA) is 42.0 Å². The number of hydrogen-bond acceptors (Lipinski definition) is 3. The first-order valence-corrected chi connectivity index (χ1v) is 7.21. The first-order chi connectivity index (χ1) is 9.10. The Morgan fingerprint density at radius 2 is 2.05 bits per heavy atom. The van der Waals surface area contributed by atoms with Crippen molar-refractivity contribution in [1.82, 2.24) is 10.3 Å². The molecule has 19 heavy (non-hydrogen) atoms. The largest absolute Gasteiger partial charge is 0.355 e. The van der Waals surface area contributed by atoms with E-state index in [4.69, 9.17) is 0 Å². The van der Waals surface area contributed by atoms with Crippen molar-refractivity contribution in [3.63, 3.8) is 0 Å². The Bertz CT molecular complexity index is 520. The number of nitrogens with one attached hydrogen (secondary N) is 1. The van der Waals surface area contributed by atoms with E-state index in [1.807, 2.05) is 49.6 Å². The van der Waals surface area contributed by atoms with E-state index >= 15 is 0 Å². The summed E-state index contributed by atoms with van der Waals surface area (Å²) in [6, 6.07) is 9.85. The van der Waals surface area contributed by atoms with Gasteiger partial charge in [-0.1, -0.05) is 30.3 Å². The molecule has 4 heteroatoms. The summed E-state index contributed by atoms with van der Waals surface area (Å²) in [4.78, 5) is 16.5. The third kappa shape index (κ3) is 3.41. The van der Waals surface area contributed by atoms with E-state index in [1.54, 1.807) is 17.5 Å². The van der Waals surface area contributed by atoms with E-state index in [1.165, 1.54) is 0 Å². The van der Waals surface area contributed by atoms with Gasteiger partial charge in [-0.3, -0.25) is 4.79 Å². The number of aromatic nitrogens is 1. The van der Waals surface area contributed by atoms with Gasteiger partial charge in [-0.15, -0.1) is 11.3 Å². The van der Waals surface area contributed by atoms with Crippen LogP contribution in [0.2, 0.25) is 0 Å². The van der Waals surface area contributed by atoms with Crippen LogP contribution in [0.15, 0.2) is 41.9 Å². The Kier molecular flexibility index (Phi) is 4.32. The molecule has 0 fully saturated rings. The van der Waals surface area contributed by atoms with Gasteiger partial charge in [-0.2, -0.15) is 0 Å². The Morgan fingerprint density at radius 3 is 2.68 bits per heavy atom. The molecule has 0 saturated carbocycles. The maximum Gasteiger partial charge on any atom is 0.230 e. The summed E-state index contributed by atoms with van der Waals surface area (Å²) in [7, 11) is 0. The molecule has 0 bridgehead atoms. The van der Waals surface area contributed by atoms with Crippen molar-refractivity contribution in [1.29, 1.82) is 0 Å². The molecule has 0 aliphatic rings. The predicted octanol–water partition coefficient (Wildman–Crippen LogP) is 2.78. The van der Waals surface area contributed by atoms with Crippen LogP contribution in [-0.4, -0.2) is 17.4 Å². The monoisotopic (exact) mass is 274 g/mol. The summed E-state index contributed by atoms with van der Waals surface area (Å²) >= 11 is 1.62. The minimum Gasteiger partial charge on any atom is -0.355 e. The van der Waals surface area contributed by atoms with E-state index < -0.39 is 5.41 Å². The van der Waals surface area contributed by atoms with Crippen LogP contribution in [-0.2, 0) is 16.6 Å². The second-order valence-corrected chi connectivity index (χ2v) is 5.90. The number of rotatable bonds is 5. The van der Waals surface area contributed by atoms with Gasteiger partial charge in [0, 0.05) is 24.5 Å². The molecule has 100 valence electrons. The van der Waals surface area contributed by atoms with Gasteiger partial charge in [-0.05, 0) is 19.4 Å². The van der Waals surface area contributed by atoms with Crippen molar-refractivity contribution in [2.24, 2.45) is 0 Å². The lowest BCUT2D eigenvalue weighted by molar-refractivity contribution is -0.125. The molecule has 1 heterocycles. The molecule has 1 aromatic heterocycles. The van der Waals surface area contributed by atoms with Crippen LogP contribution < -0.4 is 5.32 Å². The van der Waals surface area contributed by atoms with Gasteiger partial charge in [0.15, 0.2) is 0 Å². The molecule has 0 aliphatic heterocycles. The van der Waals surface area contributed by atoms with Crippen molar-refractivity contribution in [2.45, 2.75) is 25.7 Å². The third-order valence-electron chi connectivity index (χ3n) is 3.17. The number of carbonyl (C=O) groups is 1. The van der Waals surface area contributed by atoms with Gasteiger partial charge >= 0.3 is 0 Å². The number of hydrogen-bond donors (Lipinski definition) is 1. The highest BCUT2D eigenvalue weighted by molar-refractivity contribution is 7.09. The van der Waals surface area contributed by atoms with Crippen LogP contribution >= 0.6 is 11.3 Å². The van der Waals surface area contributed by atoms with Crippen molar-refractivity contribution >= 4 is 17.2 Å². The Morgan fingerprint density at radius 1 is 1.32 bits per heavy atom. The summed E-state index contributed by atoms with van der Waals surface area (Å²) in [5, 5.41) is 5.99. The first kappa shape index (κ1) is 13.7. The highest BCUT2D eigenvalue weighted by atomic mass is 32.1. The second-order valence-electron chi connectivity index (χ2n) is 4.92. The van der Waals surface area contributed by atoms with Gasteiger partial charge in [0.05, 0.1) is 10.4 Å². The molecule has 1 amide bonds. The first-order valence-electron chi connectivity index (χ1n) is 6.33. The van der Waals surface area contributed by atoms with E-state index in [-0.39, 0.29) is 5.91 Å². The van der Waals surface area contributed by atoms with Crippen LogP contribution in [0.1, 0.15) is 24.4 Å². The van der Waals surface area contributed by atoms with Crippen LogP contribution in [0.3, 0.4) is 0 Å². The second kappa shape index (κ2) is 5.97. The maximum absolute atomic E-state index is 12.3. The van der Waals surface area contributed by atoms with Crippen molar-refractivity contribution < 1.29 is 4.79 Å². The fourth-order valence-corrected chi connectivity index (χ4v) is 2.49. The van der Waals surface area contributed by atoms with Crippen LogP contribution in [0.25, 0.3) is 0 Å². The Balaban J connectivity index is 1.92. The summed E-state index contributed by atoms with van der Waals surface area (Å²) in [5.41, 5.74) is 0.520. The smallest absolute Gasteiger partial charge is 0.230 e. The number of amides is 1. The fourth-order valence-electron chi connectivity index (χ4n) is 1.87. The quantitative estimate of drug-likeness (QED) is 0.911. The molecule has 1 N–H and O–H groups in total. The van der Waals surface area contributed by atoms with Crippen molar-refractivity contribution in [3.05, 3.63) is 52.5 Å². The lowest BCUT2D eigenvalue weighted by Crippen LogP contribution is -2.40. The van der Waals surface area contributed by atoms with Gasteiger partial charge in [0.2, 0.25) is 5.91 Å². The highest BCUT2D eigenvalue weighted by Crippen LogP contribution is 2.22. The maximum atomic E-state index is 12.3. The Hall–Kier alpha value is -1.68. The van der Waals surface area contributed by atoms with Crippen molar-refractivity contribution in [3.8, 4) is 0 Å². The van der Waals surface area contributed by atoms with Crippen LogP contribution in [0.5, 0.6) is 0 Å². The van der Waals surface area contributed by atoms with E-state index in [0.717, 1.165) is 17.0 Å². The number of nitrogens with zero attached hydrogens (tertiary/aromatic N) is 1. The zero-order chi connectivity index (χ0) is 13.7. The van der Waals surface area contributed by atoms with Gasteiger partial charge in [0.25, 0.3) is 0 Å². The molecule has 0 aliphatic carbocycles. The van der Waals surface area contributed by atoms with E-state index in [0.29, 0.717) is 6.54 Å². The summed E-state index contributed by atoms with van der Waals surface area (Å²) in [6.45, 7) is 4.52. The minimum atomic E-state index is -0.510. The molecule has 0 atom stereocenters. The molecule has 1 aromatic carbocycles. The van der Waals surface area contributed by atoms with Gasteiger partial charge in [0.1, 0.15) is 0 Å². The SMILES string of the molecule is CC(C)(C(=O)NCCc1nccs1)c1ccccc1. The minimum absolute atomic E-state index is 0.0512. The molecule has 0 unspecified atom stereocenters. The van der Waals surface area contributed by atoms with E-state index in [9.17, 15) is 4.79 Å². The standard InChI is InChI=1S/C15H18N2OS/c1-15(2,12-6-4-3-5-7-12)14(18)17-9-8-13-16-10-11-19-13/h3-7,10-11H,8-9H2,1-2H3,(H,17,18). The molecule has 0 spiro atoms. The average molecular weight is 274 g/mol. The summed E-state index contributed by atoms with van der Waals surface area (Å²) < 4.78 is 0. The van der Waals surface area contributed by atoms with Gasteiger partial charge in [-0.25, -0.2) is 4.98 Å². The molecule has 2 rings (SSSR count). The molecular formula is C15H18N2OS. The predicted molar refractivity (Wildman–Crippen MR) is 78.3 cm³/mol. The van der Waals surface area contributed by atoms with Gasteiger partial charge < -0.3 is 5.32 Å². The summed E-state index contributed by atoms with van der Waals surface area (Å²) in [6.07, 6.45) is 2.57. The molecule has 2 aromatic rings. The molecule has 3 nitrogen and oxygen atoms in total. The third-order valence-corrected chi connectivity index (χ3v) is 4.01. The van der Waals surface area contributed by atoms with Crippen LogP contribution in [0.4, 0.5) is 0 Å². The number of benzene rings is 1. The number of carbonyl (C=O) groups excluding carboxylic acids is 1. The Labute approximate surface area is 117 Å². The highest BCUT2D eigenvalue weighted by Gasteiger charge is 2.28. The summed E-state index contributed by atoms with van der Waals surface area (Å²) in [5.74, 6) is 0.0512. The van der Waals surface area contributed by atoms with E-state index in [2.05, 4.69) is 10.3 Å². The van der Waals surface area contributed by atoms with Crippen LogP contribution in [0, 0.1) is 0 Å². The molecule has 0 saturated heterocycles. The lowest BCUT2D eigenvalue weighted by atomic mass is 9.84.